The van der Waals surface area contributed by atoms with Crippen molar-refractivity contribution in [3.05, 3.63) is 12.4 Å². The number of aromatic nitrogens is 3. The Morgan fingerprint density at radius 3 is 3.00 bits per heavy atom. The van der Waals surface area contributed by atoms with E-state index < -0.39 is 0 Å². The van der Waals surface area contributed by atoms with E-state index in [2.05, 4.69) is 20.9 Å². The summed E-state index contributed by atoms with van der Waals surface area (Å²) >= 11 is 0. The lowest BCUT2D eigenvalue weighted by atomic mass is 10.1. The molecule has 0 atom stereocenters. The Bertz CT molecular complexity index is 348. The second-order valence-electron chi connectivity index (χ2n) is 4.30. The van der Waals surface area contributed by atoms with Crippen molar-refractivity contribution in [3.8, 4) is 0 Å². The quantitative estimate of drug-likeness (QED) is 0.646. The minimum Gasteiger partial charge on any atom is -0.381 e. The van der Waals surface area contributed by atoms with Crippen LogP contribution in [-0.2, 0) is 16.1 Å². The zero-order valence-corrected chi connectivity index (χ0v) is 10.3. The van der Waals surface area contributed by atoms with Crippen molar-refractivity contribution < 1.29 is 9.53 Å². The van der Waals surface area contributed by atoms with Crippen LogP contribution in [0.25, 0.3) is 0 Å². The van der Waals surface area contributed by atoms with Gasteiger partial charge in [-0.2, -0.15) is 0 Å². The molecule has 0 bridgehead atoms. The molecule has 1 saturated heterocycles. The summed E-state index contributed by atoms with van der Waals surface area (Å²) in [5, 5.41) is 13.6. The van der Waals surface area contributed by atoms with Crippen molar-refractivity contribution in [2.75, 3.05) is 26.3 Å². The Kier molecular flexibility index (Phi) is 5.10. The highest BCUT2D eigenvalue weighted by Gasteiger charge is 2.15. The predicted molar refractivity (Wildman–Crippen MR) is 64.9 cm³/mol. The zero-order chi connectivity index (χ0) is 12.6. The molecule has 1 aliphatic heterocycles. The summed E-state index contributed by atoms with van der Waals surface area (Å²) in [5.74, 6) is 0.0421. The predicted octanol–water partition coefficient (Wildman–Crippen LogP) is -0.837. The SMILES string of the molecule is O=C(CNCCn1ccnn1)NC1CCOCC1. The lowest BCUT2D eigenvalue weighted by Crippen LogP contribution is -2.43. The fourth-order valence-corrected chi connectivity index (χ4v) is 1.87. The van der Waals surface area contributed by atoms with Crippen LogP contribution in [0.1, 0.15) is 12.8 Å². The fourth-order valence-electron chi connectivity index (χ4n) is 1.87. The minimum absolute atomic E-state index is 0.0421. The Balaban J connectivity index is 1.54. The Morgan fingerprint density at radius 1 is 1.44 bits per heavy atom. The van der Waals surface area contributed by atoms with E-state index in [4.69, 9.17) is 4.74 Å². The first-order valence-corrected chi connectivity index (χ1v) is 6.26. The zero-order valence-electron chi connectivity index (χ0n) is 10.3. The third-order valence-electron chi connectivity index (χ3n) is 2.86. The van der Waals surface area contributed by atoms with E-state index in [1.165, 1.54) is 0 Å². The number of hydrogen-bond donors (Lipinski definition) is 2. The van der Waals surface area contributed by atoms with E-state index in [1.807, 2.05) is 0 Å². The maximum atomic E-state index is 11.6. The summed E-state index contributed by atoms with van der Waals surface area (Å²) in [7, 11) is 0. The molecular formula is C11H19N5O2. The molecule has 0 aliphatic carbocycles. The molecular weight excluding hydrogens is 234 g/mol. The van der Waals surface area contributed by atoms with Crippen LogP contribution < -0.4 is 10.6 Å². The van der Waals surface area contributed by atoms with Crippen LogP contribution in [0.5, 0.6) is 0 Å². The molecule has 100 valence electrons. The third-order valence-corrected chi connectivity index (χ3v) is 2.86. The number of carbonyl (C=O) groups excluding carboxylic acids is 1. The smallest absolute Gasteiger partial charge is 0.234 e. The van der Waals surface area contributed by atoms with Gasteiger partial charge < -0.3 is 15.4 Å². The molecule has 0 aromatic carbocycles. The molecule has 1 aromatic rings. The molecule has 0 unspecified atom stereocenters. The molecule has 2 rings (SSSR count). The van der Waals surface area contributed by atoms with Gasteiger partial charge in [0.15, 0.2) is 0 Å². The number of amides is 1. The molecule has 1 fully saturated rings. The van der Waals surface area contributed by atoms with Gasteiger partial charge in [-0.05, 0) is 12.8 Å². The van der Waals surface area contributed by atoms with Crippen LogP contribution >= 0.6 is 0 Å². The van der Waals surface area contributed by atoms with Gasteiger partial charge in [-0.1, -0.05) is 5.21 Å². The van der Waals surface area contributed by atoms with Crippen LogP contribution in [0, 0.1) is 0 Å². The van der Waals surface area contributed by atoms with E-state index >= 15 is 0 Å². The summed E-state index contributed by atoms with van der Waals surface area (Å²) < 4.78 is 6.96. The number of rotatable bonds is 6. The summed E-state index contributed by atoms with van der Waals surface area (Å²) in [6.45, 7) is 3.23. The number of ether oxygens (including phenoxy) is 1. The largest absolute Gasteiger partial charge is 0.381 e. The van der Waals surface area contributed by atoms with Gasteiger partial charge in [-0.15, -0.1) is 5.10 Å². The number of nitrogens with one attached hydrogen (secondary N) is 2. The Labute approximate surface area is 106 Å². The van der Waals surface area contributed by atoms with Gasteiger partial charge in [0, 0.05) is 32.0 Å². The van der Waals surface area contributed by atoms with E-state index in [9.17, 15) is 4.79 Å². The molecule has 7 heteroatoms. The van der Waals surface area contributed by atoms with Gasteiger partial charge in [0.25, 0.3) is 0 Å². The number of hydrogen-bond acceptors (Lipinski definition) is 5. The first kappa shape index (κ1) is 13.0. The first-order valence-electron chi connectivity index (χ1n) is 6.26. The molecule has 7 nitrogen and oxygen atoms in total. The van der Waals surface area contributed by atoms with Gasteiger partial charge >= 0.3 is 0 Å². The lowest BCUT2D eigenvalue weighted by molar-refractivity contribution is -0.121. The molecule has 18 heavy (non-hydrogen) atoms. The molecule has 0 radical (unpaired) electrons. The molecule has 2 N–H and O–H groups in total. The average molecular weight is 253 g/mol. The molecule has 1 aliphatic rings. The monoisotopic (exact) mass is 253 g/mol. The van der Waals surface area contributed by atoms with Crippen molar-refractivity contribution in [2.45, 2.75) is 25.4 Å². The van der Waals surface area contributed by atoms with E-state index in [-0.39, 0.29) is 11.9 Å². The van der Waals surface area contributed by atoms with E-state index in [1.54, 1.807) is 17.1 Å². The molecule has 1 amide bonds. The van der Waals surface area contributed by atoms with Gasteiger partial charge in [0.05, 0.1) is 19.3 Å². The van der Waals surface area contributed by atoms with Gasteiger partial charge in [-0.3, -0.25) is 9.48 Å². The van der Waals surface area contributed by atoms with Crippen LogP contribution in [-0.4, -0.2) is 53.2 Å². The van der Waals surface area contributed by atoms with Gasteiger partial charge in [-0.25, -0.2) is 0 Å². The van der Waals surface area contributed by atoms with Gasteiger partial charge in [0.1, 0.15) is 0 Å². The maximum absolute atomic E-state index is 11.6. The lowest BCUT2D eigenvalue weighted by Gasteiger charge is -2.23. The van der Waals surface area contributed by atoms with Crippen molar-refractivity contribution in [1.82, 2.24) is 25.6 Å². The highest BCUT2D eigenvalue weighted by atomic mass is 16.5. The van der Waals surface area contributed by atoms with E-state index in [0.717, 1.165) is 26.1 Å². The van der Waals surface area contributed by atoms with Crippen LogP contribution in [0.15, 0.2) is 12.4 Å². The minimum atomic E-state index is 0.0421. The maximum Gasteiger partial charge on any atom is 0.234 e. The second kappa shape index (κ2) is 7.07. The molecule has 2 heterocycles. The topological polar surface area (TPSA) is 81.1 Å². The standard InChI is InChI=1S/C11H19N5O2/c17-11(14-10-1-7-18-8-2-10)9-12-3-5-16-6-4-13-15-16/h4,6,10,12H,1-3,5,7-9H2,(H,14,17). The summed E-state index contributed by atoms with van der Waals surface area (Å²) in [6.07, 6.45) is 5.25. The van der Waals surface area contributed by atoms with Gasteiger partial charge in [0.2, 0.25) is 5.91 Å². The third kappa shape index (κ3) is 4.42. The van der Waals surface area contributed by atoms with Crippen molar-refractivity contribution >= 4 is 5.91 Å². The van der Waals surface area contributed by atoms with Crippen molar-refractivity contribution in [1.29, 1.82) is 0 Å². The highest BCUT2D eigenvalue weighted by Crippen LogP contribution is 2.05. The Hall–Kier alpha value is -1.47. The first-order chi connectivity index (χ1) is 8.84. The van der Waals surface area contributed by atoms with Crippen molar-refractivity contribution in [3.63, 3.8) is 0 Å². The summed E-state index contributed by atoms with van der Waals surface area (Å²) in [5.41, 5.74) is 0. The molecule has 0 saturated carbocycles. The number of nitrogens with zero attached hydrogens (tertiary/aromatic N) is 3. The molecule has 1 aromatic heterocycles. The van der Waals surface area contributed by atoms with E-state index in [0.29, 0.717) is 19.6 Å². The average Bonchev–Trinajstić information content (AvgIpc) is 2.89. The Morgan fingerprint density at radius 2 is 2.28 bits per heavy atom. The van der Waals surface area contributed by atoms with Crippen LogP contribution in [0.4, 0.5) is 0 Å². The summed E-state index contributed by atoms with van der Waals surface area (Å²) in [4.78, 5) is 11.6. The number of carbonyl (C=O) groups is 1. The van der Waals surface area contributed by atoms with Crippen LogP contribution in [0.3, 0.4) is 0 Å². The van der Waals surface area contributed by atoms with Crippen molar-refractivity contribution in [2.24, 2.45) is 0 Å². The highest BCUT2D eigenvalue weighted by molar-refractivity contribution is 5.78. The second-order valence-corrected chi connectivity index (χ2v) is 4.30. The normalized spacial score (nSPS) is 16.7. The van der Waals surface area contributed by atoms with Crippen LogP contribution in [0.2, 0.25) is 0 Å². The molecule has 0 spiro atoms. The summed E-state index contributed by atoms with van der Waals surface area (Å²) in [6, 6.07) is 0.267. The fraction of sp³-hybridized carbons (Fsp3) is 0.727.